The normalized spacial score (nSPS) is 7.79. The minimum atomic E-state index is -1.57. The van der Waals surface area contributed by atoms with Gasteiger partial charge < -0.3 is 0 Å². The van der Waals surface area contributed by atoms with Gasteiger partial charge in [-0.2, -0.15) is 26.3 Å². The van der Waals surface area contributed by atoms with Gasteiger partial charge in [-0.05, 0) is 99.8 Å². The third kappa shape index (κ3) is 64.5. The van der Waals surface area contributed by atoms with Crippen LogP contribution < -0.4 is 0 Å². The summed E-state index contributed by atoms with van der Waals surface area (Å²) in [5, 5.41) is 0. The van der Waals surface area contributed by atoms with Gasteiger partial charge in [0.15, 0.2) is 0 Å². The van der Waals surface area contributed by atoms with Crippen LogP contribution in [0.25, 0.3) is 0 Å². The summed E-state index contributed by atoms with van der Waals surface area (Å²) in [7, 11) is 0. The molecule has 168 valence electrons. The van der Waals surface area contributed by atoms with E-state index in [9.17, 15) is 26.3 Å². The van der Waals surface area contributed by atoms with Crippen LogP contribution in [0.2, 0.25) is 0 Å². The van der Waals surface area contributed by atoms with Crippen LogP contribution in [0, 0.1) is 0 Å². The molecule has 0 radical (unpaired) electrons. The molecule has 0 spiro atoms. The first-order valence-corrected chi connectivity index (χ1v) is 8.49. The van der Waals surface area contributed by atoms with Crippen LogP contribution in [0.3, 0.4) is 0 Å². The van der Waals surface area contributed by atoms with Crippen molar-refractivity contribution in [1.29, 1.82) is 0 Å². The summed E-state index contributed by atoms with van der Waals surface area (Å²) in [4.78, 5) is 0. The van der Waals surface area contributed by atoms with Gasteiger partial charge in [-0.3, -0.25) is 0 Å². The Morgan fingerprint density at radius 3 is 0.429 bits per heavy atom. The molecule has 0 bridgehead atoms. The zero-order valence-electron chi connectivity index (χ0n) is 19.5. The van der Waals surface area contributed by atoms with Crippen LogP contribution in [0.5, 0.6) is 0 Å². The van der Waals surface area contributed by atoms with Crippen LogP contribution >= 0.6 is 0 Å². The average Bonchev–Trinajstić information content (AvgIpc) is 2.47. The van der Waals surface area contributed by atoms with Gasteiger partial charge >= 0.3 is 0 Å². The van der Waals surface area contributed by atoms with Crippen LogP contribution in [0.4, 0.5) is 26.3 Å². The predicted molar refractivity (Wildman–Crippen MR) is 112 cm³/mol. The van der Waals surface area contributed by atoms with E-state index in [1.807, 2.05) is 13.8 Å². The largest absolute Gasteiger partial charge is 0.268 e. The molecule has 28 heavy (non-hydrogen) atoms. The molecule has 0 amide bonds. The van der Waals surface area contributed by atoms with Gasteiger partial charge in [0.05, 0.1) is 0 Å². The Hall–Kier alpha value is -1.72. The van der Waals surface area contributed by atoms with Gasteiger partial charge in [0, 0.05) is 0 Å². The van der Waals surface area contributed by atoms with Crippen molar-refractivity contribution < 1.29 is 26.3 Å². The molecule has 0 rings (SSSR count). The standard InChI is InChI=1S/C6H12.3C4H6F2.C4H8/c1-5(2)6(3)4;3*1-3(2)4(5)6;1-4(2)3/h1-4H3;3*1-2H3;1H2,2-3H3. The molecule has 0 aliphatic heterocycles. The molecule has 0 aliphatic rings. The lowest BCUT2D eigenvalue weighted by molar-refractivity contribution is 0.411. The Labute approximate surface area is 168 Å². The van der Waals surface area contributed by atoms with Gasteiger partial charge in [0.1, 0.15) is 0 Å². The lowest BCUT2D eigenvalue weighted by Crippen LogP contribution is -1.66. The lowest BCUT2D eigenvalue weighted by Gasteiger charge is -1.88. The molecule has 0 aliphatic carbocycles. The van der Waals surface area contributed by atoms with Crippen molar-refractivity contribution in [3.8, 4) is 0 Å². The van der Waals surface area contributed by atoms with Crippen molar-refractivity contribution in [2.45, 2.75) is 83.1 Å². The molecular formula is C22H38F6. The van der Waals surface area contributed by atoms with E-state index in [4.69, 9.17) is 0 Å². The lowest BCUT2D eigenvalue weighted by atomic mass is 10.2. The van der Waals surface area contributed by atoms with E-state index in [2.05, 4.69) is 34.3 Å². The highest BCUT2D eigenvalue weighted by Crippen LogP contribution is 2.04. The highest BCUT2D eigenvalue weighted by Gasteiger charge is 1.88. The second kappa shape index (κ2) is 23.3. The van der Waals surface area contributed by atoms with Gasteiger partial charge in [-0.15, -0.1) is 6.58 Å². The molecule has 0 atom stereocenters. The van der Waals surface area contributed by atoms with E-state index in [0.717, 1.165) is 0 Å². The van der Waals surface area contributed by atoms with Gasteiger partial charge in [-0.1, -0.05) is 16.7 Å². The summed E-state index contributed by atoms with van der Waals surface area (Å²) in [6.07, 6.45) is -4.72. The Morgan fingerprint density at radius 2 is 0.429 bits per heavy atom. The Balaban J connectivity index is -0.0000000793. The third-order valence-electron chi connectivity index (χ3n) is 2.13. The molecule has 0 nitrogen and oxygen atoms in total. The summed E-state index contributed by atoms with van der Waals surface area (Å²) in [5.74, 6) is 0. The minimum absolute atomic E-state index is 0.0926. The Morgan fingerprint density at radius 1 is 0.357 bits per heavy atom. The number of halogens is 6. The summed E-state index contributed by atoms with van der Waals surface area (Å²) < 4.78 is 66.2. The fourth-order valence-electron chi connectivity index (χ4n) is 0. The van der Waals surface area contributed by atoms with Crippen molar-refractivity contribution >= 4 is 0 Å². The minimum Gasteiger partial charge on any atom is -0.173 e. The maximum atomic E-state index is 11.0. The number of hydrogen-bond donors (Lipinski definition) is 0. The van der Waals surface area contributed by atoms with E-state index in [-0.39, 0.29) is 16.7 Å². The highest BCUT2D eigenvalue weighted by atomic mass is 19.3. The molecule has 0 aromatic heterocycles. The summed E-state index contributed by atoms with van der Waals surface area (Å²) >= 11 is 0. The predicted octanol–water partition coefficient (Wildman–Crippen LogP) is 10.5. The molecule has 0 aromatic rings. The first kappa shape index (κ1) is 37.1. The van der Waals surface area contributed by atoms with E-state index in [1.54, 1.807) is 0 Å². The molecule has 6 heteroatoms. The SMILES string of the molecule is C=C(C)C.CC(C)=C(C)C.CC(C)=C(F)F.CC(C)=C(F)F.CC(C)=C(F)F. The smallest absolute Gasteiger partial charge is 0.173 e. The third-order valence-corrected chi connectivity index (χ3v) is 2.13. The molecule has 0 saturated carbocycles. The Kier molecular flexibility index (Phi) is 30.9. The maximum absolute atomic E-state index is 11.0. The zero-order valence-corrected chi connectivity index (χ0v) is 19.5. The molecule has 0 saturated heterocycles. The number of hydrogen-bond acceptors (Lipinski definition) is 0. The topological polar surface area (TPSA) is 0 Å². The monoisotopic (exact) mass is 416 g/mol. The zero-order chi connectivity index (χ0) is 24.2. The number of rotatable bonds is 0. The van der Waals surface area contributed by atoms with E-state index in [0.29, 0.717) is 0 Å². The van der Waals surface area contributed by atoms with Crippen molar-refractivity contribution in [1.82, 2.24) is 0 Å². The molecule has 0 N–H and O–H groups in total. The van der Waals surface area contributed by atoms with E-state index in [1.165, 1.54) is 58.3 Å². The first-order valence-electron chi connectivity index (χ1n) is 8.49. The summed E-state index contributed by atoms with van der Waals surface area (Å²) in [6.45, 7) is 24.2. The van der Waals surface area contributed by atoms with Gasteiger partial charge in [0.25, 0.3) is 18.2 Å². The Bertz CT molecular complexity index is 385. The fraction of sp³-hybridized carbons (Fsp3) is 0.545. The molecule has 0 heterocycles. The van der Waals surface area contributed by atoms with E-state index < -0.39 is 18.2 Å². The van der Waals surface area contributed by atoms with Crippen LogP contribution in [0.1, 0.15) is 83.1 Å². The van der Waals surface area contributed by atoms with Crippen molar-refractivity contribution in [2.24, 2.45) is 0 Å². The van der Waals surface area contributed by atoms with E-state index >= 15 is 0 Å². The van der Waals surface area contributed by atoms with Crippen LogP contribution in [0.15, 0.2) is 58.3 Å². The summed E-state index contributed by atoms with van der Waals surface area (Å²) in [6, 6.07) is 0. The quantitative estimate of drug-likeness (QED) is 0.272. The molecule has 0 aromatic carbocycles. The second-order valence-corrected chi connectivity index (χ2v) is 6.99. The highest BCUT2D eigenvalue weighted by molar-refractivity contribution is 5.02. The fourth-order valence-corrected chi connectivity index (χ4v) is 0. The van der Waals surface area contributed by atoms with Gasteiger partial charge in [0.2, 0.25) is 0 Å². The second-order valence-electron chi connectivity index (χ2n) is 6.99. The molecule has 0 fully saturated rings. The van der Waals surface area contributed by atoms with Crippen molar-refractivity contribution in [2.75, 3.05) is 0 Å². The summed E-state index contributed by atoms with van der Waals surface area (Å²) in [5.41, 5.74) is 4.30. The first-order chi connectivity index (χ1) is 12.3. The molecule has 0 unspecified atom stereocenters. The van der Waals surface area contributed by atoms with Crippen LogP contribution in [-0.2, 0) is 0 Å². The average molecular weight is 417 g/mol. The number of allylic oxidation sites excluding steroid dienone is 6. The van der Waals surface area contributed by atoms with Crippen LogP contribution in [-0.4, -0.2) is 0 Å². The van der Waals surface area contributed by atoms with Crippen molar-refractivity contribution in [3.63, 3.8) is 0 Å². The van der Waals surface area contributed by atoms with Gasteiger partial charge in [-0.25, -0.2) is 0 Å². The maximum Gasteiger partial charge on any atom is 0.268 e. The van der Waals surface area contributed by atoms with Crippen molar-refractivity contribution in [3.05, 3.63) is 58.3 Å². The molecular weight excluding hydrogens is 378 g/mol.